The van der Waals surface area contributed by atoms with Gasteiger partial charge in [-0.25, -0.2) is 0 Å². The Hall–Kier alpha value is -2.04. The Morgan fingerprint density at radius 3 is 2.03 bits per heavy atom. The Balaban J connectivity index is 1.46. The molecule has 0 saturated heterocycles. The first-order chi connectivity index (χ1) is 14.1. The van der Waals surface area contributed by atoms with Crippen LogP contribution < -0.4 is 10.1 Å². The van der Waals surface area contributed by atoms with Crippen LogP contribution in [0.3, 0.4) is 0 Å². The molecule has 0 aliphatic heterocycles. The zero-order valence-electron chi connectivity index (χ0n) is 16.4. The van der Waals surface area contributed by atoms with Crippen LogP contribution in [0.25, 0.3) is 0 Å². The normalized spacial score (nSPS) is 12.1. The highest BCUT2D eigenvalue weighted by atomic mass is 35.5. The molecule has 0 heterocycles. The number of halogens is 2. The van der Waals surface area contributed by atoms with Crippen molar-refractivity contribution in [2.75, 3.05) is 19.8 Å². The molecule has 29 heavy (non-hydrogen) atoms. The summed E-state index contributed by atoms with van der Waals surface area (Å²) >= 11 is 11.9. The summed E-state index contributed by atoms with van der Waals surface area (Å²) < 4.78 is 12.0. The molecule has 152 valence electrons. The molecule has 1 N–H and O–H groups in total. The van der Waals surface area contributed by atoms with Gasteiger partial charge in [0.2, 0.25) is 0 Å². The summed E-state index contributed by atoms with van der Waals surface area (Å²) in [6, 6.07) is 26.0. The quantitative estimate of drug-likeness (QED) is 0.391. The molecule has 3 rings (SSSR count). The van der Waals surface area contributed by atoms with Gasteiger partial charge >= 0.3 is 0 Å². The van der Waals surface area contributed by atoms with Gasteiger partial charge in [-0.15, -0.1) is 0 Å². The lowest BCUT2D eigenvalue weighted by Crippen LogP contribution is -2.34. The van der Waals surface area contributed by atoms with Gasteiger partial charge in [-0.3, -0.25) is 0 Å². The van der Waals surface area contributed by atoms with Crippen molar-refractivity contribution in [2.45, 2.75) is 19.1 Å². The lowest BCUT2D eigenvalue weighted by atomic mass is 10.0. The topological polar surface area (TPSA) is 30.5 Å². The van der Waals surface area contributed by atoms with Crippen LogP contribution in [0.2, 0.25) is 10.0 Å². The van der Waals surface area contributed by atoms with Gasteiger partial charge in [0.05, 0.1) is 16.7 Å². The van der Waals surface area contributed by atoms with E-state index in [0.29, 0.717) is 29.0 Å². The van der Waals surface area contributed by atoms with Crippen LogP contribution in [-0.4, -0.2) is 25.8 Å². The summed E-state index contributed by atoms with van der Waals surface area (Å²) in [6.45, 7) is 3.91. The molecule has 0 aromatic heterocycles. The Kier molecular flexibility index (Phi) is 8.38. The van der Waals surface area contributed by atoms with Gasteiger partial charge < -0.3 is 14.8 Å². The fourth-order valence-electron chi connectivity index (χ4n) is 2.97. The smallest absolute Gasteiger partial charge is 0.120 e. The molecule has 0 radical (unpaired) electrons. The van der Waals surface area contributed by atoms with Gasteiger partial charge in [0.25, 0.3) is 0 Å². The van der Waals surface area contributed by atoms with E-state index in [9.17, 15) is 0 Å². The van der Waals surface area contributed by atoms with Gasteiger partial charge in [-0.05, 0) is 30.2 Å². The molecule has 3 aromatic rings. The van der Waals surface area contributed by atoms with E-state index in [1.807, 2.05) is 42.5 Å². The van der Waals surface area contributed by atoms with E-state index in [1.54, 1.807) is 12.1 Å². The second kappa shape index (κ2) is 11.2. The van der Waals surface area contributed by atoms with Crippen LogP contribution in [0.1, 0.15) is 24.2 Å². The maximum Gasteiger partial charge on any atom is 0.120 e. The number of ether oxygens (including phenoxy) is 2. The highest BCUT2D eigenvalue weighted by Crippen LogP contribution is 2.27. The SMILES string of the molecule is CC(COc1ccc(Cl)c(Cl)c1)NCCOC(c1ccccc1)c1ccccc1. The Bertz CT molecular complexity index is 835. The fraction of sp³-hybridized carbons (Fsp3) is 0.250. The fourth-order valence-corrected chi connectivity index (χ4v) is 3.26. The minimum Gasteiger partial charge on any atom is -0.492 e. The number of benzene rings is 3. The molecule has 0 fully saturated rings. The van der Waals surface area contributed by atoms with Crippen LogP contribution >= 0.6 is 23.2 Å². The van der Waals surface area contributed by atoms with Crippen molar-refractivity contribution in [2.24, 2.45) is 0 Å². The minimum absolute atomic E-state index is 0.0815. The van der Waals surface area contributed by atoms with Gasteiger partial charge in [-0.2, -0.15) is 0 Å². The molecule has 0 spiro atoms. The molecule has 3 nitrogen and oxygen atoms in total. The van der Waals surface area contributed by atoms with Crippen LogP contribution in [0.5, 0.6) is 5.75 Å². The first-order valence-electron chi connectivity index (χ1n) is 9.66. The maximum absolute atomic E-state index is 6.22. The van der Waals surface area contributed by atoms with E-state index >= 15 is 0 Å². The van der Waals surface area contributed by atoms with Crippen molar-refractivity contribution >= 4 is 23.2 Å². The summed E-state index contributed by atoms with van der Waals surface area (Å²) in [7, 11) is 0. The van der Waals surface area contributed by atoms with Crippen LogP contribution in [-0.2, 0) is 4.74 Å². The number of hydrogen-bond acceptors (Lipinski definition) is 3. The Morgan fingerprint density at radius 1 is 0.828 bits per heavy atom. The second-order valence-corrected chi connectivity index (χ2v) is 7.63. The van der Waals surface area contributed by atoms with Crippen molar-refractivity contribution in [3.05, 3.63) is 100 Å². The monoisotopic (exact) mass is 429 g/mol. The van der Waals surface area contributed by atoms with E-state index in [0.717, 1.165) is 17.7 Å². The molecule has 5 heteroatoms. The van der Waals surface area contributed by atoms with Gasteiger partial charge in [0.1, 0.15) is 18.5 Å². The van der Waals surface area contributed by atoms with Crippen molar-refractivity contribution in [3.8, 4) is 5.75 Å². The summed E-state index contributed by atoms with van der Waals surface area (Å²) in [5, 5.41) is 4.44. The molecular weight excluding hydrogens is 405 g/mol. The molecule has 0 aliphatic carbocycles. The first-order valence-corrected chi connectivity index (χ1v) is 10.4. The molecule has 1 atom stereocenters. The molecule has 0 bridgehead atoms. The average Bonchev–Trinajstić information content (AvgIpc) is 2.76. The van der Waals surface area contributed by atoms with Crippen LogP contribution in [0.4, 0.5) is 0 Å². The Labute approximate surface area is 182 Å². The minimum atomic E-state index is -0.0815. The number of hydrogen-bond donors (Lipinski definition) is 1. The Morgan fingerprint density at radius 2 is 1.45 bits per heavy atom. The highest BCUT2D eigenvalue weighted by molar-refractivity contribution is 6.42. The standard InChI is InChI=1S/C24H25Cl2NO2/c1-18(17-29-21-12-13-22(25)23(26)16-21)27-14-15-28-24(19-8-4-2-5-9-19)20-10-6-3-7-11-20/h2-13,16,18,24,27H,14-15,17H2,1H3. The third kappa shape index (κ3) is 6.76. The summed E-state index contributed by atoms with van der Waals surface area (Å²) in [5.74, 6) is 0.706. The second-order valence-electron chi connectivity index (χ2n) is 6.81. The highest BCUT2D eigenvalue weighted by Gasteiger charge is 2.14. The lowest BCUT2D eigenvalue weighted by molar-refractivity contribution is 0.0797. The number of rotatable bonds is 10. The van der Waals surface area contributed by atoms with Crippen molar-refractivity contribution in [1.29, 1.82) is 0 Å². The summed E-state index contributed by atoms with van der Waals surface area (Å²) in [6.07, 6.45) is -0.0815. The third-order valence-corrected chi connectivity index (χ3v) is 5.21. The molecule has 0 aliphatic rings. The predicted octanol–water partition coefficient (Wildman–Crippen LogP) is 6.16. The van der Waals surface area contributed by atoms with E-state index in [4.69, 9.17) is 32.7 Å². The van der Waals surface area contributed by atoms with E-state index in [2.05, 4.69) is 36.5 Å². The zero-order chi connectivity index (χ0) is 20.5. The predicted molar refractivity (Wildman–Crippen MR) is 120 cm³/mol. The average molecular weight is 430 g/mol. The van der Waals surface area contributed by atoms with E-state index < -0.39 is 0 Å². The van der Waals surface area contributed by atoms with Gasteiger partial charge in [-0.1, -0.05) is 83.9 Å². The molecule has 0 saturated carbocycles. The summed E-state index contributed by atoms with van der Waals surface area (Å²) in [4.78, 5) is 0. The first kappa shape index (κ1) is 21.7. The van der Waals surface area contributed by atoms with E-state index in [-0.39, 0.29) is 12.1 Å². The molecule has 1 unspecified atom stereocenters. The maximum atomic E-state index is 6.22. The molecule has 3 aromatic carbocycles. The zero-order valence-corrected chi connectivity index (χ0v) is 17.9. The van der Waals surface area contributed by atoms with Gasteiger partial charge in [0.15, 0.2) is 0 Å². The summed E-state index contributed by atoms with van der Waals surface area (Å²) in [5.41, 5.74) is 2.30. The van der Waals surface area contributed by atoms with E-state index in [1.165, 1.54) is 0 Å². The molecular formula is C24H25Cl2NO2. The largest absolute Gasteiger partial charge is 0.492 e. The van der Waals surface area contributed by atoms with Crippen LogP contribution in [0.15, 0.2) is 78.9 Å². The van der Waals surface area contributed by atoms with Crippen molar-refractivity contribution in [1.82, 2.24) is 5.32 Å². The van der Waals surface area contributed by atoms with Crippen molar-refractivity contribution in [3.63, 3.8) is 0 Å². The third-order valence-electron chi connectivity index (χ3n) is 4.48. The van der Waals surface area contributed by atoms with Crippen molar-refractivity contribution < 1.29 is 9.47 Å². The van der Waals surface area contributed by atoms with Crippen LogP contribution in [0, 0.1) is 0 Å². The number of nitrogens with one attached hydrogen (secondary N) is 1. The lowest BCUT2D eigenvalue weighted by Gasteiger charge is -2.20. The van der Waals surface area contributed by atoms with Gasteiger partial charge in [0, 0.05) is 18.7 Å². The molecule has 0 amide bonds.